The van der Waals surface area contributed by atoms with Gasteiger partial charge in [-0.3, -0.25) is 19.0 Å². The van der Waals surface area contributed by atoms with Crippen molar-refractivity contribution in [3.8, 4) is 5.75 Å². The molecule has 10 nitrogen and oxygen atoms in total. The lowest BCUT2D eigenvalue weighted by atomic mass is 9.68. The number of benzene rings is 2. The van der Waals surface area contributed by atoms with E-state index in [1.807, 2.05) is 18.2 Å². The minimum Gasteiger partial charge on any atom is -0.490 e. The number of fused-ring (bicyclic) bond motifs is 4. The maximum Gasteiger partial charge on any atom is 0.286 e. The Hall–Kier alpha value is -3.67. The number of rotatable bonds is 3. The van der Waals surface area contributed by atoms with E-state index in [1.165, 1.54) is 28.2 Å². The van der Waals surface area contributed by atoms with Gasteiger partial charge in [0, 0.05) is 49.4 Å². The summed E-state index contributed by atoms with van der Waals surface area (Å²) >= 11 is 6.44. The first-order valence-electron chi connectivity index (χ1n) is 16.8. The van der Waals surface area contributed by atoms with Gasteiger partial charge in [0.2, 0.25) is 0 Å². The number of carbonyl (C=O) groups is 2. The molecule has 1 N–H and O–H groups in total. The Kier molecular flexibility index (Phi) is 9.12. The third-order valence-electron chi connectivity index (χ3n) is 10.5. The number of amides is 2. The number of hydrogen-bond donors (Lipinski definition) is 1. The van der Waals surface area contributed by atoms with Gasteiger partial charge in [-0.05, 0) is 98.2 Å². The van der Waals surface area contributed by atoms with Crippen LogP contribution in [-0.2, 0) is 33.5 Å². The first-order chi connectivity index (χ1) is 23.1. The second-order valence-electron chi connectivity index (χ2n) is 13.6. The predicted molar refractivity (Wildman–Crippen MR) is 186 cm³/mol. The van der Waals surface area contributed by atoms with E-state index in [0.29, 0.717) is 42.6 Å². The quantitative estimate of drug-likeness (QED) is 0.341. The third-order valence-corrected chi connectivity index (χ3v) is 12.5. The van der Waals surface area contributed by atoms with Crippen LogP contribution in [0.15, 0.2) is 65.3 Å². The fourth-order valence-corrected chi connectivity index (χ4v) is 9.63. The second kappa shape index (κ2) is 13.3. The molecule has 3 heterocycles. The van der Waals surface area contributed by atoms with E-state index in [2.05, 4.69) is 43.4 Å². The van der Waals surface area contributed by atoms with Crippen LogP contribution in [0.2, 0.25) is 5.02 Å². The smallest absolute Gasteiger partial charge is 0.286 e. The van der Waals surface area contributed by atoms with Gasteiger partial charge < -0.3 is 14.4 Å². The van der Waals surface area contributed by atoms with Crippen molar-refractivity contribution in [2.75, 3.05) is 37.5 Å². The van der Waals surface area contributed by atoms with Crippen molar-refractivity contribution in [2.45, 2.75) is 56.5 Å². The molecule has 2 aromatic carbocycles. The van der Waals surface area contributed by atoms with Gasteiger partial charge in [-0.2, -0.15) is 5.10 Å². The van der Waals surface area contributed by atoms with Crippen LogP contribution in [0.5, 0.6) is 5.75 Å². The lowest BCUT2D eigenvalue weighted by Gasteiger charge is -2.46. The van der Waals surface area contributed by atoms with Crippen molar-refractivity contribution in [1.29, 1.82) is 0 Å². The number of hydrogen-bond acceptors (Lipinski definition) is 7. The lowest BCUT2D eigenvalue weighted by Crippen LogP contribution is -2.49. The zero-order valence-corrected chi connectivity index (χ0v) is 29.0. The largest absolute Gasteiger partial charge is 0.490 e. The summed E-state index contributed by atoms with van der Waals surface area (Å²) in [5, 5.41) is 4.78. The normalized spacial score (nSPS) is 29.4. The van der Waals surface area contributed by atoms with Crippen molar-refractivity contribution in [3.63, 3.8) is 0 Å². The molecule has 254 valence electrons. The van der Waals surface area contributed by atoms with Crippen LogP contribution in [0, 0.1) is 11.8 Å². The molecule has 2 amide bonds. The van der Waals surface area contributed by atoms with Gasteiger partial charge >= 0.3 is 0 Å². The Morgan fingerprint density at radius 3 is 2.83 bits per heavy atom. The van der Waals surface area contributed by atoms with Crippen molar-refractivity contribution in [1.82, 2.24) is 14.5 Å². The van der Waals surface area contributed by atoms with Crippen LogP contribution < -0.4 is 14.4 Å². The van der Waals surface area contributed by atoms with Gasteiger partial charge in [-0.25, -0.2) is 4.21 Å². The number of carbonyl (C=O) groups excluding carboxylic acids is 2. The SMILES string of the molecule is CO[C@H]1/C=C/CCC[S@@](=O)(NC(=O)c2cnn(C)c2)=NC(=O)c2ccc3c(c2)N(C[C@@H]2CC[C@H]21)C[C@@]1(CCCc2cc(Cl)ccc21)CO3. The Balaban J connectivity index is 1.29. The average molecular weight is 692 g/mol. The minimum atomic E-state index is -3.46. The molecule has 5 atom stereocenters. The van der Waals surface area contributed by atoms with E-state index < -0.39 is 21.7 Å². The zero-order chi connectivity index (χ0) is 33.5. The van der Waals surface area contributed by atoms with Crippen LogP contribution >= 0.6 is 11.6 Å². The summed E-state index contributed by atoms with van der Waals surface area (Å²) < 4.78 is 35.1. The van der Waals surface area contributed by atoms with E-state index in [0.717, 1.165) is 55.9 Å². The molecule has 0 unspecified atom stereocenters. The van der Waals surface area contributed by atoms with Crippen LogP contribution in [0.4, 0.5) is 5.69 Å². The first-order valence-corrected chi connectivity index (χ1v) is 18.8. The average Bonchev–Trinajstić information content (AvgIpc) is 3.43. The van der Waals surface area contributed by atoms with Gasteiger partial charge in [-0.1, -0.05) is 29.8 Å². The zero-order valence-electron chi connectivity index (χ0n) is 27.4. The summed E-state index contributed by atoms with van der Waals surface area (Å²) in [7, 11) is -0.0130. The molecule has 4 aliphatic rings. The monoisotopic (exact) mass is 691 g/mol. The summed E-state index contributed by atoms with van der Waals surface area (Å²) in [6, 6.07) is 11.5. The molecule has 1 saturated carbocycles. The summed E-state index contributed by atoms with van der Waals surface area (Å²) in [6.07, 6.45) is 13.3. The molecule has 3 aromatic rings. The van der Waals surface area contributed by atoms with Crippen molar-refractivity contribution in [3.05, 3.63) is 88.2 Å². The van der Waals surface area contributed by atoms with Crippen molar-refractivity contribution >= 4 is 39.0 Å². The molecule has 2 bridgehead atoms. The molecular formula is C36H42ClN5O5S. The maximum atomic E-state index is 14.2. The van der Waals surface area contributed by atoms with Crippen LogP contribution in [-0.4, -0.2) is 64.5 Å². The number of halogens is 1. The highest BCUT2D eigenvalue weighted by atomic mass is 35.5. The number of allylic oxidation sites excluding steroid dienone is 1. The molecule has 12 heteroatoms. The predicted octanol–water partition coefficient (Wildman–Crippen LogP) is 5.89. The second-order valence-corrected chi connectivity index (χ2v) is 16.1. The fraction of sp³-hybridized carbons (Fsp3) is 0.472. The van der Waals surface area contributed by atoms with Crippen molar-refractivity contribution in [2.24, 2.45) is 23.2 Å². The van der Waals surface area contributed by atoms with E-state index in [-0.39, 0.29) is 22.8 Å². The van der Waals surface area contributed by atoms with Gasteiger partial charge in [0.05, 0.1) is 35.9 Å². The maximum absolute atomic E-state index is 14.2. The number of nitrogens with one attached hydrogen (secondary N) is 1. The van der Waals surface area contributed by atoms with Crippen LogP contribution in [0.3, 0.4) is 0 Å². The highest BCUT2D eigenvalue weighted by molar-refractivity contribution is 7.92. The van der Waals surface area contributed by atoms with E-state index in [9.17, 15) is 13.8 Å². The van der Waals surface area contributed by atoms with E-state index >= 15 is 0 Å². The number of aromatic nitrogens is 2. The molecule has 7 rings (SSSR count). The van der Waals surface area contributed by atoms with Crippen LogP contribution in [0.1, 0.15) is 70.4 Å². The molecule has 2 aliphatic carbocycles. The summed E-state index contributed by atoms with van der Waals surface area (Å²) in [5.74, 6) is 0.234. The van der Waals surface area contributed by atoms with Gasteiger partial charge in [0.15, 0.2) is 0 Å². The van der Waals surface area contributed by atoms with E-state index in [1.54, 1.807) is 20.2 Å². The fourth-order valence-electron chi connectivity index (χ4n) is 7.86. The Morgan fingerprint density at radius 1 is 1.19 bits per heavy atom. The molecule has 48 heavy (non-hydrogen) atoms. The third kappa shape index (κ3) is 6.52. The lowest BCUT2D eigenvalue weighted by molar-refractivity contribution is 0.0132. The molecule has 1 spiro atoms. The Morgan fingerprint density at radius 2 is 2.06 bits per heavy atom. The van der Waals surface area contributed by atoms with Gasteiger partial charge in [-0.15, -0.1) is 4.36 Å². The summed E-state index contributed by atoms with van der Waals surface area (Å²) in [5.41, 5.74) is 3.65. The minimum absolute atomic E-state index is 0.0188. The van der Waals surface area contributed by atoms with E-state index in [4.69, 9.17) is 21.1 Å². The van der Waals surface area contributed by atoms with Gasteiger partial charge in [0.25, 0.3) is 11.8 Å². The number of methoxy groups -OCH3 is 1. The highest BCUT2D eigenvalue weighted by Crippen LogP contribution is 2.47. The van der Waals surface area contributed by atoms with Gasteiger partial charge in [0.1, 0.15) is 15.7 Å². The summed E-state index contributed by atoms with van der Waals surface area (Å²) in [6.45, 7) is 2.01. The molecule has 1 fully saturated rings. The molecule has 1 aromatic heterocycles. The molecular weight excluding hydrogens is 650 g/mol. The topological polar surface area (TPSA) is 115 Å². The summed E-state index contributed by atoms with van der Waals surface area (Å²) in [4.78, 5) is 29.3. The molecule has 0 radical (unpaired) electrons. The number of nitrogens with zero attached hydrogens (tertiary/aromatic N) is 4. The highest BCUT2D eigenvalue weighted by Gasteiger charge is 2.44. The number of anilines is 1. The molecule has 2 aliphatic heterocycles. The van der Waals surface area contributed by atoms with Crippen LogP contribution in [0.25, 0.3) is 0 Å². The Bertz CT molecular complexity index is 1880. The standard InChI is InChI=1S/C36H42ClN5O5S/c1-41-20-27(19-38-41)35(44)40-48(45)16-5-3-4-8-32(46-2)29-12-9-26(29)21-42-22-36(15-6-7-24-17-28(37)11-13-30(24)36)23-47-33-14-10-25(18-31(33)42)34(43)39-48/h4,8,10-11,13-14,17-20,26,29,32H,3,5-7,9,12,15-16,21-23H2,1-2H3,(H,39,40,43,44,45)/b8-4+/t26-,29+,32-,36-,48-/m0/s1. The van der Waals surface area contributed by atoms with Crippen molar-refractivity contribution < 1.29 is 23.3 Å². The number of ether oxygens (including phenoxy) is 2. The molecule has 0 saturated heterocycles. The number of aryl methyl sites for hydroxylation is 2. The first kappa shape index (κ1) is 32.9. The Labute approximate surface area is 287 Å².